The highest BCUT2D eigenvalue weighted by atomic mass is 16.6. The number of carbonyl (C=O) groups excluding carboxylic acids is 1. The van der Waals surface area contributed by atoms with E-state index in [2.05, 4.69) is 5.32 Å². The highest BCUT2D eigenvalue weighted by Gasteiger charge is 2.18. The van der Waals surface area contributed by atoms with E-state index in [0.29, 0.717) is 0 Å². The molecule has 2 rings (SSSR count). The van der Waals surface area contributed by atoms with Gasteiger partial charge in [-0.25, -0.2) is 0 Å². The van der Waals surface area contributed by atoms with E-state index in [0.717, 1.165) is 31.5 Å². The lowest BCUT2D eigenvalue weighted by Gasteiger charge is -2.18. The van der Waals surface area contributed by atoms with Crippen LogP contribution in [0.15, 0.2) is 24.3 Å². The minimum Gasteiger partial charge on any atom is -0.342 e. The van der Waals surface area contributed by atoms with Crippen molar-refractivity contribution in [3.8, 4) is 0 Å². The minimum atomic E-state index is -0.411. The van der Waals surface area contributed by atoms with Gasteiger partial charge in [0.25, 0.3) is 5.69 Å². The number of nitrogens with zero attached hydrogens (tertiary/aromatic N) is 2. The molecule has 1 saturated heterocycles. The second kappa shape index (κ2) is 6.47. The van der Waals surface area contributed by atoms with Gasteiger partial charge in [-0.3, -0.25) is 14.9 Å². The smallest absolute Gasteiger partial charge is 0.269 e. The van der Waals surface area contributed by atoms with E-state index < -0.39 is 4.92 Å². The molecule has 6 heteroatoms. The molecule has 20 heavy (non-hydrogen) atoms. The molecule has 0 saturated carbocycles. The number of hydrogen-bond donors (Lipinski definition) is 1. The zero-order chi connectivity index (χ0) is 14.5. The number of nitro groups is 1. The van der Waals surface area contributed by atoms with Gasteiger partial charge in [-0.2, -0.15) is 0 Å². The van der Waals surface area contributed by atoms with Crippen LogP contribution in [0.25, 0.3) is 0 Å². The number of non-ortho nitro benzene ring substituents is 1. The molecule has 0 aliphatic carbocycles. The van der Waals surface area contributed by atoms with Crippen molar-refractivity contribution in [1.82, 2.24) is 10.2 Å². The third-order valence-electron chi connectivity index (χ3n) is 3.60. The zero-order valence-electron chi connectivity index (χ0n) is 11.5. The Morgan fingerprint density at radius 2 is 2.15 bits per heavy atom. The lowest BCUT2D eigenvalue weighted by atomic mass is 10.1. The summed E-state index contributed by atoms with van der Waals surface area (Å²) in [4.78, 5) is 24.1. The topological polar surface area (TPSA) is 75.5 Å². The molecule has 0 radical (unpaired) electrons. The largest absolute Gasteiger partial charge is 0.342 e. The molecule has 1 aromatic rings. The van der Waals surface area contributed by atoms with Gasteiger partial charge in [0.05, 0.1) is 11.5 Å². The summed E-state index contributed by atoms with van der Waals surface area (Å²) in [5.74, 6) is 0.0970. The molecule has 1 N–H and O–H groups in total. The predicted molar refractivity (Wildman–Crippen MR) is 75.3 cm³/mol. The molecule has 1 fully saturated rings. The van der Waals surface area contributed by atoms with Crippen molar-refractivity contribution < 1.29 is 9.72 Å². The van der Waals surface area contributed by atoms with E-state index >= 15 is 0 Å². The van der Waals surface area contributed by atoms with Gasteiger partial charge in [0, 0.05) is 31.3 Å². The number of amides is 1. The highest BCUT2D eigenvalue weighted by molar-refractivity contribution is 5.78. The molecule has 1 heterocycles. The molecule has 1 unspecified atom stereocenters. The summed E-state index contributed by atoms with van der Waals surface area (Å²) in [5.41, 5.74) is 0.885. The van der Waals surface area contributed by atoms with E-state index in [-0.39, 0.29) is 24.2 Å². The molecule has 108 valence electrons. The lowest BCUT2D eigenvalue weighted by molar-refractivity contribution is -0.384. The van der Waals surface area contributed by atoms with Crippen LogP contribution in [0.1, 0.15) is 31.4 Å². The molecule has 1 aliphatic rings. The van der Waals surface area contributed by atoms with Crippen LogP contribution in [0, 0.1) is 10.1 Å². The molecule has 0 spiro atoms. The Morgan fingerprint density at radius 1 is 1.45 bits per heavy atom. The van der Waals surface area contributed by atoms with E-state index in [1.54, 1.807) is 6.07 Å². The van der Waals surface area contributed by atoms with Crippen molar-refractivity contribution in [3.05, 3.63) is 39.9 Å². The van der Waals surface area contributed by atoms with Crippen LogP contribution in [0.4, 0.5) is 5.69 Å². The Bertz CT molecular complexity index is 498. The first-order valence-corrected chi connectivity index (χ1v) is 6.83. The fraction of sp³-hybridized carbons (Fsp3) is 0.500. The highest BCUT2D eigenvalue weighted by Crippen LogP contribution is 2.18. The second-order valence-electron chi connectivity index (χ2n) is 5.04. The molecular weight excluding hydrogens is 258 g/mol. The second-order valence-corrected chi connectivity index (χ2v) is 5.04. The van der Waals surface area contributed by atoms with Crippen LogP contribution in [-0.4, -0.2) is 35.4 Å². The van der Waals surface area contributed by atoms with E-state index in [9.17, 15) is 14.9 Å². The number of nitro benzene ring substituents is 1. The van der Waals surface area contributed by atoms with Crippen molar-refractivity contribution in [2.75, 3.05) is 19.6 Å². The maximum atomic E-state index is 11.9. The van der Waals surface area contributed by atoms with Crippen molar-refractivity contribution in [2.24, 2.45) is 0 Å². The zero-order valence-corrected chi connectivity index (χ0v) is 11.5. The van der Waals surface area contributed by atoms with Gasteiger partial charge >= 0.3 is 0 Å². The first-order valence-electron chi connectivity index (χ1n) is 6.83. The summed E-state index contributed by atoms with van der Waals surface area (Å²) in [7, 11) is 0. The Balaban J connectivity index is 1.91. The third kappa shape index (κ3) is 3.54. The average molecular weight is 277 g/mol. The summed E-state index contributed by atoms with van der Waals surface area (Å²) in [6.07, 6.45) is 2.15. The van der Waals surface area contributed by atoms with Gasteiger partial charge in [0.2, 0.25) is 5.91 Å². The Labute approximate surface area is 117 Å². The average Bonchev–Trinajstić information content (AvgIpc) is 2.98. The van der Waals surface area contributed by atoms with Crippen molar-refractivity contribution in [3.63, 3.8) is 0 Å². The van der Waals surface area contributed by atoms with E-state index in [4.69, 9.17) is 0 Å². The number of rotatable bonds is 5. The van der Waals surface area contributed by atoms with Crippen molar-refractivity contribution in [2.45, 2.75) is 25.8 Å². The summed E-state index contributed by atoms with van der Waals surface area (Å²) < 4.78 is 0. The first-order chi connectivity index (χ1) is 9.58. The summed E-state index contributed by atoms with van der Waals surface area (Å²) in [5, 5.41) is 13.9. The number of hydrogen-bond acceptors (Lipinski definition) is 4. The molecule has 6 nitrogen and oxygen atoms in total. The monoisotopic (exact) mass is 277 g/mol. The molecular formula is C14H19N3O3. The van der Waals surface area contributed by atoms with Crippen LogP contribution in [0.2, 0.25) is 0 Å². The van der Waals surface area contributed by atoms with Gasteiger partial charge in [-0.05, 0) is 25.3 Å². The fourth-order valence-corrected chi connectivity index (χ4v) is 2.34. The maximum absolute atomic E-state index is 11.9. The number of likely N-dealkylation sites (tertiary alicyclic amines) is 1. The summed E-state index contributed by atoms with van der Waals surface area (Å²) >= 11 is 0. The van der Waals surface area contributed by atoms with Gasteiger partial charge in [0.1, 0.15) is 0 Å². The van der Waals surface area contributed by atoms with Crippen LogP contribution < -0.4 is 5.32 Å². The van der Waals surface area contributed by atoms with E-state index in [1.165, 1.54) is 12.1 Å². The van der Waals surface area contributed by atoms with Gasteiger partial charge in [-0.15, -0.1) is 0 Å². The molecule has 1 aliphatic heterocycles. The number of nitrogens with one attached hydrogen (secondary N) is 1. The quantitative estimate of drug-likeness (QED) is 0.658. The predicted octanol–water partition coefficient (Wildman–Crippen LogP) is 1.87. The molecule has 1 atom stereocenters. The lowest BCUT2D eigenvalue weighted by Crippen LogP contribution is -2.37. The SMILES string of the molecule is CC(NCC(=O)N1CCCC1)c1cccc([N+](=O)[O-])c1. The molecule has 0 aromatic heterocycles. The van der Waals surface area contributed by atoms with Crippen LogP contribution in [0.5, 0.6) is 0 Å². The van der Waals surface area contributed by atoms with E-state index in [1.807, 2.05) is 17.9 Å². The maximum Gasteiger partial charge on any atom is 0.269 e. The summed E-state index contributed by atoms with van der Waals surface area (Å²) in [6.45, 7) is 3.84. The Morgan fingerprint density at radius 3 is 2.80 bits per heavy atom. The fourth-order valence-electron chi connectivity index (χ4n) is 2.34. The number of carbonyl (C=O) groups is 1. The molecule has 1 amide bonds. The molecule has 1 aromatic carbocycles. The standard InChI is InChI=1S/C14H19N3O3/c1-11(12-5-4-6-13(9-12)17(19)20)15-10-14(18)16-7-2-3-8-16/h4-6,9,11,15H,2-3,7-8,10H2,1H3. The normalized spacial score (nSPS) is 16.1. The summed E-state index contributed by atoms with van der Waals surface area (Å²) in [6, 6.07) is 6.39. The van der Waals surface area contributed by atoms with Gasteiger partial charge in [-0.1, -0.05) is 12.1 Å². The van der Waals surface area contributed by atoms with Gasteiger partial charge < -0.3 is 10.2 Å². The minimum absolute atomic E-state index is 0.0713. The van der Waals surface area contributed by atoms with Crippen LogP contribution >= 0.6 is 0 Å². The molecule has 0 bridgehead atoms. The van der Waals surface area contributed by atoms with Crippen molar-refractivity contribution >= 4 is 11.6 Å². The van der Waals surface area contributed by atoms with Crippen molar-refractivity contribution in [1.29, 1.82) is 0 Å². The third-order valence-corrected chi connectivity index (χ3v) is 3.60. The number of benzene rings is 1. The van der Waals surface area contributed by atoms with Crippen LogP contribution in [0.3, 0.4) is 0 Å². The first kappa shape index (κ1) is 14.5. The van der Waals surface area contributed by atoms with Crippen LogP contribution in [-0.2, 0) is 4.79 Å². The Hall–Kier alpha value is -1.95. The Kier molecular flexibility index (Phi) is 4.68. The van der Waals surface area contributed by atoms with Gasteiger partial charge in [0.15, 0.2) is 0 Å².